The van der Waals surface area contributed by atoms with E-state index in [1.807, 2.05) is 6.92 Å². The van der Waals surface area contributed by atoms with Gasteiger partial charge >= 0.3 is 6.03 Å². The van der Waals surface area contributed by atoms with E-state index in [0.29, 0.717) is 40.1 Å². The summed E-state index contributed by atoms with van der Waals surface area (Å²) >= 11 is 6.40. The molecule has 3 aromatic carbocycles. The van der Waals surface area contributed by atoms with Gasteiger partial charge in [0, 0.05) is 23.3 Å². The molecule has 1 aromatic heterocycles. The number of nitrogens with zero attached hydrogens (tertiary/aromatic N) is 2. The van der Waals surface area contributed by atoms with Crippen LogP contribution in [0.5, 0.6) is 5.75 Å². The molecular formula is C24H21ClFN5O2. The van der Waals surface area contributed by atoms with Gasteiger partial charge in [0.05, 0.1) is 10.5 Å². The van der Waals surface area contributed by atoms with Crippen LogP contribution in [0.3, 0.4) is 0 Å². The second-order valence-corrected chi connectivity index (χ2v) is 7.53. The van der Waals surface area contributed by atoms with Gasteiger partial charge in [-0.05, 0) is 61.0 Å². The summed E-state index contributed by atoms with van der Waals surface area (Å²) in [6.07, 6.45) is 1.46. The molecule has 1 heterocycles. The van der Waals surface area contributed by atoms with Gasteiger partial charge < -0.3 is 20.7 Å². The predicted octanol–water partition coefficient (Wildman–Crippen LogP) is 5.89. The molecule has 0 fully saturated rings. The number of urea groups is 1. The largest absolute Gasteiger partial charge is 0.487 e. The van der Waals surface area contributed by atoms with Crippen LogP contribution in [-0.2, 0) is 6.61 Å². The van der Waals surface area contributed by atoms with Crippen LogP contribution in [-0.4, -0.2) is 22.5 Å². The Labute approximate surface area is 195 Å². The van der Waals surface area contributed by atoms with Gasteiger partial charge in [0.15, 0.2) is 0 Å². The molecule has 0 unspecified atom stereocenters. The Balaban J connectivity index is 1.51. The first-order chi connectivity index (χ1) is 16.0. The normalized spacial score (nSPS) is 10.6. The maximum Gasteiger partial charge on any atom is 0.319 e. The van der Waals surface area contributed by atoms with Crippen molar-refractivity contribution >= 4 is 45.7 Å². The van der Waals surface area contributed by atoms with Crippen LogP contribution in [0.25, 0.3) is 10.9 Å². The number of carbonyl (C=O) groups excluding carboxylic acids is 1. The first-order valence-electron chi connectivity index (χ1n) is 10.3. The summed E-state index contributed by atoms with van der Waals surface area (Å²) < 4.78 is 19.1. The second kappa shape index (κ2) is 10.1. The Kier molecular flexibility index (Phi) is 6.85. The van der Waals surface area contributed by atoms with Gasteiger partial charge in [-0.25, -0.2) is 19.2 Å². The number of halogens is 2. The quantitative estimate of drug-likeness (QED) is 0.317. The first-order valence-corrected chi connectivity index (χ1v) is 10.6. The van der Waals surface area contributed by atoms with Gasteiger partial charge in [0.2, 0.25) is 0 Å². The maximum absolute atomic E-state index is 13.3. The lowest BCUT2D eigenvalue weighted by Crippen LogP contribution is -2.28. The number of rotatable bonds is 7. The number of ether oxygens (including phenoxy) is 1. The molecule has 3 N–H and O–H groups in total. The Bertz CT molecular complexity index is 1300. The van der Waals surface area contributed by atoms with E-state index in [2.05, 4.69) is 25.9 Å². The number of hydrogen-bond acceptors (Lipinski definition) is 5. The highest BCUT2D eigenvalue weighted by Crippen LogP contribution is 2.31. The lowest BCUT2D eigenvalue weighted by molar-refractivity contribution is 0.252. The molecule has 4 aromatic rings. The van der Waals surface area contributed by atoms with E-state index in [9.17, 15) is 9.18 Å². The molecule has 7 nitrogen and oxygen atoms in total. The lowest BCUT2D eigenvalue weighted by atomic mass is 10.2. The van der Waals surface area contributed by atoms with Crippen LogP contribution in [0.1, 0.15) is 12.5 Å². The third-order valence-corrected chi connectivity index (χ3v) is 5.00. The number of hydrogen-bond donors (Lipinski definition) is 3. The van der Waals surface area contributed by atoms with E-state index in [-0.39, 0.29) is 18.5 Å². The topological polar surface area (TPSA) is 88.2 Å². The highest BCUT2D eigenvalue weighted by molar-refractivity contribution is 6.32. The standard InChI is InChI=1S/C24H21ClFN5O2/c1-2-27-24(32)31-17-6-8-21-19(11-17)23(29-14-28-21)30-18-7-9-22(20(25)12-18)33-13-15-4-3-5-16(26)10-15/h3-12,14H,2,13H2,1H3,(H2,27,31,32)(H,28,29,30). The number of carbonyl (C=O) groups is 1. The Morgan fingerprint density at radius 1 is 1.06 bits per heavy atom. The van der Waals surface area contributed by atoms with Crippen molar-refractivity contribution in [2.75, 3.05) is 17.2 Å². The summed E-state index contributed by atoms with van der Waals surface area (Å²) in [5.74, 6) is 0.722. The van der Waals surface area contributed by atoms with Crippen molar-refractivity contribution in [1.29, 1.82) is 0 Å². The Morgan fingerprint density at radius 3 is 2.70 bits per heavy atom. The second-order valence-electron chi connectivity index (χ2n) is 7.13. The monoisotopic (exact) mass is 465 g/mol. The van der Waals surface area contributed by atoms with Crippen LogP contribution in [0.2, 0.25) is 5.02 Å². The number of benzene rings is 3. The highest BCUT2D eigenvalue weighted by Gasteiger charge is 2.09. The predicted molar refractivity (Wildman–Crippen MR) is 128 cm³/mol. The van der Waals surface area contributed by atoms with Crippen LogP contribution in [0, 0.1) is 5.82 Å². The van der Waals surface area contributed by atoms with Gasteiger partial charge in [0.25, 0.3) is 0 Å². The number of nitrogens with one attached hydrogen (secondary N) is 3. The molecule has 0 aliphatic heterocycles. The van der Waals surface area contributed by atoms with Crippen LogP contribution in [0.15, 0.2) is 67.0 Å². The smallest absolute Gasteiger partial charge is 0.319 e. The average molecular weight is 466 g/mol. The fourth-order valence-corrected chi connectivity index (χ4v) is 3.43. The van der Waals surface area contributed by atoms with Crippen molar-refractivity contribution in [3.05, 3.63) is 83.4 Å². The van der Waals surface area contributed by atoms with Gasteiger partial charge in [0.1, 0.15) is 30.3 Å². The van der Waals surface area contributed by atoms with E-state index in [1.54, 1.807) is 48.5 Å². The molecule has 0 aliphatic rings. The maximum atomic E-state index is 13.3. The SMILES string of the molecule is CCNC(=O)Nc1ccc2ncnc(Nc3ccc(OCc4cccc(F)c4)c(Cl)c3)c2c1. The molecule has 0 bridgehead atoms. The summed E-state index contributed by atoms with van der Waals surface area (Å²) in [4.78, 5) is 20.5. The van der Waals surface area contributed by atoms with Crippen LogP contribution >= 0.6 is 11.6 Å². The van der Waals surface area contributed by atoms with Gasteiger partial charge in [-0.1, -0.05) is 23.7 Å². The molecule has 168 valence electrons. The van der Waals surface area contributed by atoms with Crippen molar-refractivity contribution in [3.8, 4) is 5.75 Å². The molecule has 33 heavy (non-hydrogen) atoms. The summed E-state index contributed by atoms with van der Waals surface area (Å²) in [5, 5.41) is 9.83. The summed E-state index contributed by atoms with van der Waals surface area (Å²) in [7, 11) is 0. The fourth-order valence-electron chi connectivity index (χ4n) is 3.19. The average Bonchev–Trinajstić information content (AvgIpc) is 2.79. The zero-order valence-corrected chi connectivity index (χ0v) is 18.5. The number of fused-ring (bicyclic) bond motifs is 1. The Morgan fingerprint density at radius 2 is 1.91 bits per heavy atom. The molecule has 0 aliphatic carbocycles. The molecule has 0 spiro atoms. The number of aromatic nitrogens is 2. The van der Waals surface area contributed by atoms with E-state index >= 15 is 0 Å². The third-order valence-electron chi connectivity index (χ3n) is 4.71. The number of amides is 2. The van der Waals surface area contributed by atoms with Gasteiger partial charge in [-0.15, -0.1) is 0 Å². The third kappa shape index (κ3) is 5.67. The molecule has 9 heteroatoms. The molecule has 0 atom stereocenters. The number of anilines is 3. The summed E-state index contributed by atoms with van der Waals surface area (Å²) in [6.45, 7) is 2.57. The van der Waals surface area contributed by atoms with E-state index in [0.717, 1.165) is 10.9 Å². The zero-order chi connectivity index (χ0) is 23.2. The molecule has 0 saturated carbocycles. The van der Waals surface area contributed by atoms with Gasteiger partial charge in [-0.2, -0.15) is 0 Å². The summed E-state index contributed by atoms with van der Waals surface area (Å²) in [6, 6.07) is 16.5. The minimum atomic E-state index is -0.317. The van der Waals surface area contributed by atoms with Crippen molar-refractivity contribution in [1.82, 2.24) is 15.3 Å². The molecule has 4 rings (SSSR count). The Hall–Kier alpha value is -3.91. The molecule has 2 amide bonds. The van der Waals surface area contributed by atoms with Crippen molar-refractivity contribution in [2.45, 2.75) is 13.5 Å². The first kappa shape index (κ1) is 22.3. The highest BCUT2D eigenvalue weighted by atomic mass is 35.5. The summed E-state index contributed by atoms with van der Waals surface area (Å²) in [5.41, 5.74) is 2.73. The van der Waals surface area contributed by atoms with Crippen LogP contribution in [0.4, 0.5) is 26.4 Å². The minimum Gasteiger partial charge on any atom is -0.487 e. The molecule has 0 radical (unpaired) electrons. The zero-order valence-electron chi connectivity index (χ0n) is 17.7. The van der Waals surface area contributed by atoms with Gasteiger partial charge in [-0.3, -0.25) is 0 Å². The lowest BCUT2D eigenvalue weighted by Gasteiger charge is -2.13. The molecule has 0 saturated heterocycles. The van der Waals surface area contributed by atoms with E-state index in [1.165, 1.54) is 18.5 Å². The van der Waals surface area contributed by atoms with E-state index < -0.39 is 0 Å². The fraction of sp³-hybridized carbons (Fsp3) is 0.125. The van der Waals surface area contributed by atoms with Crippen molar-refractivity contribution in [2.24, 2.45) is 0 Å². The van der Waals surface area contributed by atoms with E-state index in [4.69, 9.17) is 16.3 Å². The minimum absolute atomic E-state index is 0.197. The van der Waals surface area contributed by atoms with Crippen LogP contribution < -0.4 is 20.7 Å². The van der Waals surface area contributed by atoms with Crippen molar-refractivity contribution < 1.29 is 13.9 Å². The van der Waals surface area contributed by atoms with Crippen molar-refractivity contribution in [3.63, 3.8) is 0 Å². The molecular weight excluding hydrogens is 445 g/mol.